The van der Waals surface area contributed by atoms with Crippen LogP contribution in [0.15, 0.2) is 48.5 Å². The molecule has 0 heterocycles. The van der Waals surface area contributed by atoms with Crippen LogP contribution < -0.4 is 9.80 Å². The second-order valence-corrected chi connectivity index (χ2v) is 6.93. The first-order valence-corrected chi connectivity index (χ1v) is 9.12. The summed E-state index contributed by atoms with van der Waals surface area (Å²) in [6.07, 6.45) is 5.13. The second-order valence-electron chi connectivity index (χ2n) is 6.93. The molecule has 2 aromatic rings. The molecule has 0 saturated heterocycles. The molecule has 0 aliphatic carbocycles. The lowest BCUT2D eigenvalue weighted by Crippen LogP contribution is -2.19. The molecular weight excluding hydrogens is 292 g/mol. The van der Waals surface area contributed by atoms with Gasteiger partial charge in [0.2, 0.25) is 0 Å². The molecule has 0 fully saturated rings. The van der Waals surface area contributed by atoms with Crippen LogP contribution in [-0.2, 0) is 0 Å². The normalized spacial score (nSPS) is 10.7. The van der Waals surface area contributed by atoms with Crippen LogP contribution in [0.3, 0.4) is 0 Å². The molecule has 24 heavy (non-hydrogen) atoms. The van der Waals surface area contributed by atoms with Crippen molar-refractivity contribution in [3.05, 3.63) is 59.7 Å². The molecule has 2 nitrogen and oxygen atoms in total. The molecule has 0 aliphatic heterocycles. The number of unbranched alkanes of at least 4 members (excludes halogenated alkanes) is 3. The van der Waals surface area contributed by atoms with Crippen LogP contribution in [0, 0.1) is 13.8 Å². The summed E-state index contributed by atoms with van der Waals surface area (Å²) in [5, 5.41) is 0. The van der Waals surface area contributed by atoms with Gasteiger partial charge in [-0.25, -0.2) is 0 Å². The van der Waals surface area contributed by atoms with Gasteiger partial charge in [-0.15, -0.1) is 0 Å². The Labute approximate surface area is 148 Å². The zero-order valence-corrected chi connectivity index (χ0v) is 15.8. The number of hydrogen-bond acceptors (Lipinski definition) is 2. The van der Waals surface area contributed by atoms with E-state index in [1.54, 1.807) is 0 Å². The summed E-state index contributed by atoms with van der Waals surface area (Å²) >= 11 is 0. The predicted octanol–water partition coefficient (Wildman–Crippen LogP) is 5.44. The highest BCUT2D eigenvalue weighted by molar-refractivity contribution is 5.47. The third-order valence-electron chi connectivity index (χ3n) is 4.69. The van der Waals surface area contributed by atoms with Gasteiger partial charge >= 0.3 is 0 Å². The fraction of sp³-hybridized carbons (Fsp3) is 0.455. The van der Waals surface area contributed by atoms with Crippen LogP contribution in [-0.4, -0.2) is 27.2 Å². The number of aryl methyl sites for hydroxylation is 2. The lowest BCUT2D eigenvalue weighted by molar-refractivity contribution is 0.634. The van der Waals surface area contributed by atoms with E-state index in [9.17, 15) is 0 Å². The molecule has 0 unspecified atom stereocenters. The van der Waals surface area contributed by atoms with E-state index in [0.29, 0.717) is 0 Å². The average Bonchev–Trinajstić information content (AvgIpc) is 2.58. The van der Waals surface area contributed by atoms with Crippen LogP contribution >= 0.6 is 0 Å². The Kier molecular flexibility index (Phi) is 7.17. The minimum atomic E-state index is 1.14. The first kappa shape index (κ1) is 18.4. The van der Waals surface area contributed by atoms with Gasteiger partial charge in [-0.1, -0.05) is 48.2 Å². The Hall–Kier alpha value is -1.96. The van der Waals surface area contributed by atoms with E-state index in [2.05, 4.69) is 86.3 Å². The van der Waals surface area contributed by atoms with Crippen molar-refractivity contribution in [2.75, 3.05) is 37.0 Å². The molecule has 2 rings (SSSR count). The molecule has 0 saturated carbocycles. The lowest BCUT2D eigenvalue weighted by atomic mass is 10.1. The zero-order valence-electron chi connectivity index (χ0n) is 15.8. The van der Waals surface area contributed by atoms with Crippen molar-refractivity contribution in [1.82, 2.24) is 0 Å². The molecular formula is C22H32N2. The SMILES string of the molecule is Cc1ccc(N(C)CCCCCCN(C)c2ccc(C)cc2)cc1. The summed E-state index contributed by atoms with van der Waals surface area (Å²) in [5.74, 6) is 0. The summed E-state index contributed by atoms with van der Waals surface area (Å²) in [7, 11) is 4.38. The van der Waals surface area contributed by atoms with Gasteiger partial charge in [0, 0.05) is 38.6 Å². The topological polar surface area (TPSA) is 6.48 Å². The number of nitrogens with zero attached hydrogens (tertiary/aromatic N) is 2. The summed E-state index contributed by atoms with van der Waals surface area (Å²) < 4.78 is 0. The maximum absolute atomic E-state index is 2.36. The Morgan fingerprint density at radius 2 is 0.875 bits per heavy atom. The molecule has 0 spiro atoms. The standard InChI is InChI=1S/C22H32N2/c1-19-9-13-21(14-10-19)23(3)17-7-5-6-8-18-24(4)22-15-11-20(2)12-16-22/h9-16H,5-8,17-18H2,1-4H3. The Bertz CT molecular complexity index is 531. The Morgan fingerprint density at radius 3 is 1.21 bits per heavy atom. The molecule has 0 radical (unpaired) electrons. The van der Waals surface area contributed by atoms with E-state index < -0.39 is 0 Å². The maximum Gasteiger partial charge on any atom is 0.0363 e. The molecule has 0 atom stereocenters. The zero-order chi connectivity index (χ0) is 17.4. The number of rotatable bonds is 9. The summed E-state index contributed by atoms with van der Waals surface area (Å²) in [5.41, 5.74) is 5.29. The fourth-order valence-corrected chi connectivity index (χ4v) is 2.91. The predicted molar refractivity (Wildman–Crippen MR) is 107 cm³/mol. The molecule has 0 aromatic heterocycles. The van der Waals surface area contributed by atoms with Crippen molar-refractivity contribution in [3.8, 4) is 0 Å². The summed E-state index contributed by atoms with van der Waals surface area (Å²) in [6.45, 7) is 6.54. The number of anilines is 2. The molecule has 0 amide bonds. The van der Waals surface area contributed by atoms with Gasteiger partial charge in [-0.2, -0.15) is 0 Å². The summed E-state index contributed by atoms with van der Waals surface area (Å²) in [4.78, 5) is 4.72. The molecule has 0 N–H and O–H groups in total. The van der Waals surface area contributed by atoms with Gasteiger partial charge in [-0.05, 0) is 51.0 Å². The van der Waals surface area contributed by atoms with Crippen LogP contribution in [0.25, 0.3) is 0 Å². The minimum absolute atomic E-state index is 1.14. The van der Waals surface area contributed by atoms with E-state index in [1.165, 1.54) is 48.2 Å². The Morgan fingerprint density at radius 1 is 0.542 bits per heavy atom. The average molecular weight is 325 g/mol. The molecule has 0 aliphatic rings. The lowest BCUT2D eigenvalue weighted by Gasteiger charge is -2.20. The Balaban J connectivity index is 1.59. The van der Waals surface area contributed by atoms with Crippen LogP contribution in [0.2, 0.25) is 0 Å². The fourth-order valence-electron chi connectivity index (χ4n) is 2.91. The van der Waals surface area contributed by atoms with E-state index in [-0.39, 0.29) is 0 Å². The van der Waals surface area contributed by atoms with E-state index in [1.807, 2.05) is 0 Å². The van der Waals surface area contributed by atoms with Crippen LogP contribution in [0.1, 0.15) is 36.8 Å². The number of benzene rings is 2. The van der Waals surface area contributed by atoms with Gasteiger partial charge in [0.25, 0.3) is 0 Å². The van der Waals surface area contributed by atoms with Crippen molar-refractivity contribution in [2.24, 2.45) is 0 Å². The quantitative estimate of drug-likeness (QED) is 0.567. The largest absolute Gasteiger partial charge is 0.375 e. The number of hydrogen-bond donors (Lipinski definition) is 0. The second kappa shape index (κ2) is 9.36. The van der Waals surface area contributed by atoms with Crippen molar-refractivity contribution < 1.29 is 0 Å². The third-order valence-corrected chi connectivity index (χ3v) is 4.69. The van der Waals surface area contributed by atoms with E-state index in [4.69, 9.17) is 0 Å². The van der Waals surface area contributed by atoms with Crippen molar-refractivity contribution >= 4 is 11.4 Å². The van der Waals surface area contributed by atoms with Gasteiger partial charge in [-0.3, -0.25) is 0 Å². The van der Waals surface area contributed by atoms with E-state index in [0.717, 1.165) is 13.1 Å². The van der Waals surface area contributed by atoms with Gasteiger partial charge in [0.15, 0.2) is 0 Å². The highest BCUT2D eigenvalue weighted by Gasteiger charge is 2.02. The smallest absolute Gasteiger partial charge is 0.0363 e. The van der Waals surface area contributed by atoms with Crippen molar-refractivity contribution in [3.63, 3.8) is 0 Å². The summed E-state index contributed by atoms with van der Waals surface area (Å²) in [6, 6.07) is 17.6. The highest BCUT2D eigenvalue weighted by atomic mass is 15.1. The maximum atomic E-state index is 2.36. The van der Waals surface area contributed by atoms with Gasteiger partial charge in [0.1, 0.15) is 0 Å². The van der Waals surface area contributed by atoms with E-state index >= 15 is 0 Å². The van der Waals surface area contributed by atoms with Crippen LogP contribution in [0.5, 0.6) is 0 Å². The minimum Gasteiger partial charge on any atom is -0.375 e. The van der Waals surface area contributed by atoms with Crippen molar-refractivity contribution in [1.29, 1.82) is 0 Å². The first-order chi connectivity index (χ1) is 11.6. The third kappa shape index (κ3) is 5.92. The molecule has 2 heteroatoms. The molecule has 2 aromatic carbocycles. The van der Waals surface area contributed by atoms with Gasteiger partial charge < -0.3 is 9.80 Å². The highest BCUT2D eigenvalue weighted by Crippen LogP contribution is 2.16. The first-order valence-electron chi connectivity index (χ1n) is 9.12. The van der Waals surface area contributed by atoms with Crippen molar-refractivity contribution in [2.45, 2.75) is 39.5 Å². The molecule has 130 valence electrons. The monoisotopic (exact) mass is 324 g/mol. The van der Waals surface area contributed by atoms with Crippen LogP contribution in [0.4, 0.5) is 11.4 Å². The molecule has 0 bridgehead atoms. The van der Waals surface area contributed by atoms with Gasteiger partial charge in [0.05, 0.1) is 0 Å².